The highest BCUT2D eigenvalue weighted by atomic mass is 16.5. The van der Waals surface area contributed by atoms with Crippen LogP contribution in [0.3, 0.4) is 0 Å². The average molecular weight is 461 g/mol. The average Bonchev–Trinajstić information content (AvgIpc) is 3.38. The first kappa shape index (κ1) is 25.2. The number of nitrogens with one attached hydrogen (secondary N) is 1. The number of benzene rings is 2. The fraction of sp³-hybridized carbons (Fsp3) is 0.357. The first-order valence-electron chi connectivity index (χ1n) is 11.9. The molecule has 3 aromatic rings. The van der Waals surface area contributed by atoms with Crippen LogP contribution in [0.1, 0.15) is 36.0 Å². The zero-order valence-electron chi connectivity index (χ0n) is 20.5. The minimum atomic E-state index is 0.0644. The predicted molar refractivity (Wildman–Crippen MR) is 138 cm³/mol. The highest BCUT2D eigenvalue weighted by molar-refractivity contribution is 5.78. The summed E-state index contributed by atoms with van der Waals surface area (Å²) in [6.45, 7) is 4.85. The molecule has 0 aliphatic heterocycles. The van der Waals surface area contributed by atoms with Crippen molar-refractivity contribution in [3.05, 3.63) is 84.0 Å². The zero-order valence-corrected chi connectivity index (χ0v) is 20.5. The van der Waals surface area contributed by atoms with Gasteiger partial charge < -0.3 is 19.5 Å². The Labute approximate surface area is 203 Å². The van der Waals surface area contributed by atoms with Gasteiger partial charge in [0.1, 0.15) is 5.75 Å². The fourth-order valence-corrected chi connectivity index (χ4v) is 3.81. The van der Waals surface area contributed by atoms with Gasteiger partial charge in [0, 0.05) is 37.6 Å². The van der Waals surface area contributed by atoms with Crippen molar-refractivity contribution in [2.24, 2.45) is 0 Å². The van der Waals surface area contributed by atoms with Crippen LogP contribution >= 0.6 is 0 Å². The second-order valence-corrected chi connectivity index (χ2v) is 8.58. The number of ether oxygens (including phenoxy) is 1. The van der Waals surface area contributed by atoms with Gasteiger partial charge in [-0.3, -0.25) is 4.79 Å². The maximum absolute atomic E-state index is 12.1. The first-order chi connectivity index (χ1) is 16.5. The highest BCUT2D eigenvalue weighted by Crippen LogP contribution is 2.18. The molecule has 0 aliphatic rings. The molecule has 0 unspecified atom stereocenters. The molecule has 1 N–H and O–H groups in total. The quantitative estimate of drug-likeness (QED) is 0.377. The van der Waals surface area contributed by atoms with E-state index in [2.05, 4.69) is 41.3 Å². The van der Waals surface area contributed by atoms with Crippen LogP contribution in [-0.2, 0) is 11.2 Å². The number of hydrogen-bond donors (Lipinski definition) is 1. The molecule has 180 valence electrons. The highest BCUT2D eigenvalue weighted by Gasteiger charge is 2.04. The number of aryl methyl sites for hydroxylation is 1. The van der Waals surface area contributed by atoms with Gasteiger partial charge in [0.2, 0.25) is 5.91 Å². The molecule has 0 saturated heterocycles. The molecular formula is C28H36N4O2. The molecule has 2 aromatic carbocycles. The molecule has 0 atom stereocenters. The lowest BCUT2D eigenvalue weighted by Crippen LogP contribution is -2.26. The molecule has 0 saturated carbocycles. The Balaban J connectivity index is 1.25. The lowest BCUT2D eigenvalue weighted by molar-refractivity contribution is -0.120. The van der Waals surface area contributed by atoms with Crippen LogP contribution in [0.5, 0.6) is 5.75 Å². The summed E-state index contributed by atoms with van der Waals surface area (Å²) in [6, 6.07) is 14.5. The second kappa shape index (κ2) is 13.4. The molecule has 1 aromatic heterocycles. The summed E-state index contributed by atoms with van der Waals surface area (Å²) in [7, 11) is 3.86. The van der Waals surface area contributed by atoms with Crippen molar-refractivity contribution >= 4 is 12.0 Å². The van der Waals surface area contributed by atoms with Gasteiger partial charge in [0.25, 0.3) is 0 Å². The number of amides is 1. The molecule has 34 heavy (non-hydrogen) atoms. The first-order valence-corrected chi connectivity index (χ1v) is 11.9. The van der Waals surface area contributed by atoms with Crippen molar-refractivity contribution in [2.45, 2.75) is 32.6 Å². The Morgan fingerprint density at radius 3 is 2.68 bits per heavy atom. The lowest BCUT2D eigenvalue weighted by Gasteiger charge is -2.17. The van der Waals surface area contributed by atoms with Crippen LogP contribution in [0, 0.1) is 6.92 Å². The lowest BCUT2D eigenvalue weighted by atomic mass is 10.1. The van der Waals surface area contributed by atoms with Gasteiger partial charge in [-0.1, -0.05) is 36.4 Å². The molecule has 0 aliphatic carbocycles. The number of aromatic nitrogens is 2. The standard InChI is InChI=1S/C28H36N4O2/c1-23-21-25(11-14-27(23)34-3)15-19-31(2)18-5-4-16-30-28(33)8-6-7-24-9-12-26(13-10-24)32-20-17-29-22-32/h6-7,9-14,17,20-22H,4-5,8,15-16,18-19H2,1-3H3,(H,30,33). The van der Waals surface area contributed by atoms with Crippen molar-refractivity contribution in [3.8, 4) is 11.4 Å². The fourth-order valence-electron chi connectivity index (χ4n) is 3.81. The summed E-state index contributed by atoms with van der Waals surface area (Å²) in [4.78, 5) is 18.5. The Hall–Kier alpha value is -3.38. The van der Waals surface area contributed by atoms with Gasteiger partial charge in [-0.15, -0.1) is 0 Å². The normalized spacial score (nSPS) is 11.3. The van der Waals surface area contributed by atoms with Crippen LogP contribution in [0.25, 0.3) is 11.8 Å². The van der Waals surface area contributed by atoms with Crippen molar-refractivity contribution in [1.82, 2.24) is 19.8 Å². The topological polar surface area (TPSA) is 59.4 Å². The zero-order chi connectivity index (χ0) is 24.2. The minimum absolute atomic E-state index is 0.0644. The third-order valence-electron chi connectivity index (χ3n) is 5.84. The van der Waals surface area contributed by atoms with Gasteiger partial charge in [0.05, 0.1) is 13.4 Å². The maximum Gasteiger partial charge on any atom is 0.223 e. The van der Waals surface area contributed by atoms with E-state index in [1.807, 2.05) is 53.2 Å². The van der Waals surface area contributed by atoms with E-state index >= 15 is 0 Å². The van der Waals surface area contributed by atoms with E-state index in [0.29, 0.717) is 6.42 Å². The summed E-state index contributed by atoms with van der Waals surface area (Å²) in [5.41, 5.74) is 4.65. The number of imidazole rings is 1. The summed E-state index contributed by atoms with van der Waals surface area (Å²) in [5, 5.41) is 3.01. The maximum atomic E-state index is 12.1. The van der Waals surface area contributed by atoms with E-state index in [1.54, 1.807) is 19.6 Å². The van der Waals surface area contributed by atoms with E-state index in [4.69, 9.17) is 4.74 Å². The molecule has 0 bridgehead atoms. The predicted octanol–water partition coefficient (Wildman–Crippen LogP) is 4.66. The monoisotopic (exact) mass is 460 g/mol. The Morgan fingerprint density at radius 1 is 1.15 bits per heavy atom. The van der Waals surface area contributed by atoms with Crippen LogP contribution in [0.15, 0.2) is 67.3 Å². The number of unbranched alkanes of at least 4 members (excludes halogenated alkanes) is 1. The van der Waals surface area contributed by atoms with Gasteiger partial charge in [-0.05, 0) is 74.7 Å². The van der Waals surface area contributed by atoms with Crippen LogP contribution in [0.2, 0.25) is 0 Å². The molecule has 1 amide bonds. The van der Waals surface area contributed by atoms with Crippen LogP contribution < -0.4 is 10.1 Å². The van der Waals surface area contributed by atoms with Gasteiger partial charge in [-0.25, -0.2) is 4.98 Å². The molecule has 3 rings (SSSR count). The molecule has 0 fully saturated rings. The number of rotatable bonds is 13. The van der Waals surface area contributed by atoms with Crippen molar-refractivity contribution in [2.75, 3.05) is 33.8 Å². The largest absolute Gasteiger partial charge is 0.496 e. The number of methoxy groups -OCH3 is 1. The van der Waals surface area contributed by atoms with E-state index in [-0.39, 0.29) is 5.91 Å². The third kappa shape index (κ3) is 8.19. The molecule has 0 spiro atoms. The van der Waals surface area contributed by atoms with Crippen molar-refractivity contribution < 1.29 is 9.53 Å². The van der Waals surface area contributed by atoms with E-state index in [1.165, 1.54) is 11.1 Å². The third-order valence-corrected chi connectivity index (χ3v) is 5.84. The number of carbonyl (C=O) groups excluding carboxylic acids is 1. The Bertz CT molecular complexity index is 1040. The van der Waals surface area contributed by atoms with Gasteiger partial charge in [-0.2, -0.15) is 0 Å². The van der Waals surface area contributed by atoms with Crippen LogP contribution in [0.4, 0.5) is 0 Å². The molecule has 1 heterocycles. The number of likely N-dealkylation sites (N-methyl/N-ethyl adjacent to an activating group) is 1. The molecule has 6 nitrogen and oxygen atoms in total. The SMILES string of the molecule is COc1ccc(CCN(C)CCCCNC(=O)CC=Cc2ccc(-n3ccnc3)cc2)cc1C. The summed E-state index contributed by atoms with van der Waals surface area (Å²) in [5.74, 6) is 1.00. The number of hydrogen-bond acceptors (Lipinski definition) is 4. The van der Waals surface area contributed by atoms with Gasteiger partial charge >= 0.3 is 0 Å². The van der Waals surface area contributed by atoms with Crippen LogP contribution in [-0.4, -0.2) is 54.1 Å². The molecule has 6 heteroatoms. The molecule has 0 radical (unpaired) electrons. The molecular weight excluding hydrogens is 424 g/mol. The summed E-state index contributed by atoms with van der Waals surface area (Å²) >= 11 is 0. The van der Waals surface area contributed by atoms with Crippen molar-refractivity contribution in [3.63, 3.8) is 0 Å². The van der Waals surface area contributed by atoms with E-state index in [0.717, 1.165) is 55.9 Å². The Morgan fingerprint density at radius 2 is 1.97 bits per heavy atom. The van der Waals surface area contributed by atoms with E-state index in [9.17, 15) is 4.79 Å². The summed E-state index contributed by atoms with van der Waals surface area (Å²) in [6.07, 6.45) is 12.8. The minimum Gasteiger partial charge on any atom is -0.496 e. The smallest absolute Gasteiger partial charge is 0.223 e. The second-order valence-electron chi connectivity index (χ2n) is 8.58. The summed E-state index contributed by atoms with van der Waals surface area (Å²) < 4.78 is 7.29. The number of carbonyl (C=O) groups is 1. The Kier molecular flexibility index (Phi) is 9.92. The van der Waals surface area contributed by atoms with E-state index < -0.39 is 0 Å². The van der Waals surface area contributed by atoms with Crippen molar-refractivity contribution in [1.29, 1.82) is 0 Å². The van der Waals surface area contributed by atoms with Gasteiger partial charge in [0.15, 0.2) is 0 Å². The number of nitrogens with zero attached hydrogens (tertiary/aromatic N) is 3.